The summed E-state index contributed by atoms with van der Waals surface area (Å²) in [5.74, 6) is 2.38. The molecule has 10 aromatic rings. The van der Waals surface area contributed by atoms with Crippen molar-refractivity contribution in [2.45, 2.75) is 27.7 Å². The molecule has 0 aliphatic heterocycles. The smallest absolute Gasteiger partial charge is 0.145 e. The molecule has 10 rings (SSSR count). The second-order valence-electron chi connectivity index (χ2n) is 14.1. The van der Waals surface area contributed by atoms with Crippen molar-refractivity contribution in [1.29, 1.82) is 0 Å². The summed E-state index contributed by atoms with van der Waals surface area (Å²) in [6.07, 6.45) is 5.84. The van der Waals surface area contributed by atoms with Crippen LogP contribution in [0.4, 0.5) is 0 Å². The number of ether oxygens (including phenoxy) is 1. The largest absolute Gasteiger partial charge is 0.457 e. The summed E-state index contributed by atoms with van der Waals surface area (Å²) in [7, 11) is 0. The molecule has 5 heteroatoms. The van der Waals surface area contributed by atoms with Crippen LogP contribution in [0.2, 0.25) is 0 Å². The lowest BCUT2D eigenvalue weighted by molar-refractivity contribution is 0.484. The Morgan fingerprint density at radius 3 is 1.87 bits per heavy atom. The summed E-state index contributed by atoms with van der Waals surface area (Å²) < 4.78 is 11.2. The van der Waals surface area contributed by atoms with Crippen LogP contribution in [-0.2, 0) is 0 Å². The summed E-state index contributed by atoms with van der Waals surface area (Å²) in [5, 5.41) is 5.72. The molecule has 0 aliphatic carbocycles. The number of aryl methyl sites for hydroxylation is 4. The normalized spacial score (nSPS) is 11.8. The number of pyridine rings is 2. The van der Waals surface area contributed by atoms with E-state index < -0.39 is 0 Å². The van der Waals surface area contributed by atoms with Gasteiger partial charge in [0, 0.05) is 51.8 Å². The average molecular weight is 685 g/mol. The first-order chi connectivity index (χ1) is 26.0. The fourth-order valence-electron chi connectivity index (χ4n) is 8.56. The number of hydrogen-bond donors (Lipinski definition) is 0. The van der Waals surface area contributed by atoms with Crippen LogP contribution in [0.3, 0.4) is 0 Å². The molecule has 6 aromatic carbocycles. The molecule has 0 bridgehead atoms. The lowest BCUT2D eigenvalue weighted by atomic mass is 9.86. The van der Waals surface area contributed by atoms with E-state index in [1.165, 1.54) is 55.3 Å². The number of fused-ring (bicyclic) bond motifs is 9. The third-order valence-electron chi connectivity index (χ3n) is 10.8. The molecule has 0 saturated heterocycles. The highest BCUT2D eigenvalue weighted by atomic mass is 16.5. The molecular weight excluding hydrogens is 649 g/mol. The zero-order valence-corrected chi connectivity index (χ0v) is 30.1. The Morgan fingerprint density at radius 1 is 0.491 bits per heavy atom. The van der Waals surface area contributed by atoms with E-state index in [-0.39, 0.29) is 0 Å². The standard InChI is InChI=1S/C48H36N4O/c1-29-11-9-12-30(2)44(29)38-22-23-39(45-31(3)13-10-14-32(45)4)47-46(38)37-21-19-33(27-40(37)48-50-25-26-51(47)48)53-34-18-20-36-35-15-5-6-16-41(35)52(42(36)28-34)43-17-7-8-24-49-43/h5-28H,1-4H3. The van der Waals surface area contributed by atoms with Gasteiger partial charge < -0.3 is 4.74 Å². The molecule has 0 aliphatic rings. The van der Waals surface area contributed by atoms with Crippen LogP contribution in [0.15, 0.2) is 146 Å². The van der Waals surface area contributed by atoms with E-state index in [1.807, 2.05) is 30.6 Å². The highest BCUT2D eigenvalue weighted by Crippen LogP contribution is 2.45. The first kappa shape index (κ1) is 31.1. The van der Waals surface area contributed by atoms with Crippen LogP contribution in [0.25, 0.3) is 77.2 Å². The van der Waals surface area contributed by atoms with Gasteiger partial charge in [0.05, 0.1) is 16.6 Å². The predicted octanol–water partition coefficient (Wildman–Crippen LogP) is 12.5. The van der Waals surface area contributed by atoms with Gasteiger partial charge >= 0.3 is 0 Å². The Labute approximate surface area is 307 Å². The minimum Gasteiger partial charge on any atom is -0.457 e. The zero-order chi connectivity index (χ0) is 35.8. The molecule has 4 heterocycles. The van der Waals surface area contributed by atoms with E-state index >= 15 is 0 Å². The summed E-state index contributed by atoms with van der Waals surface area (Å²) in [6.45, 7) is 8.83. The third-order valence-corrected chi connectivity index (χ3v) is 10.8. The molecule has 0 saturated carbocycles. The summed E-state index contributed by atoms with van der Waals surface area (Å²) in [5.41, 5.74) is 14.2. The molecule has 0 fully saturated rings. The highest BCUT2D eigenvalue weighted by molar-refractivity contribution is 6.21. The van der Waals surface area contributed by atoms with Gasteiger partial charge in [0.25, 0.3) is 0 Å². The van der Waals surface area contributed by atoms with Gasteiger partial charge in [0.2, 0.25) is 0 Å². The van der Waals surface area contributed by atoms with Crippen molar-refractivity contribution in [3.8, 4) is 39.6 Å². The van der Waals surface area contributed by atoms with Gasteiger partial charge in [-0.1, -0.05) is 72.8 Å². The van der Waals surface area contributed by atoms with E-state index in [4.69, 9.17) is 14.7 Å². The fraction of sp³-hybridized carbons (Fsp3) is 0.0833. The van der Waals surface area contributed by atoms with E-state index in [1.54, 1.807) is 0 Å². The molecule has 0 amide bonds. The number of benzene rings is 6. The highest BCUT2D eigenvalue weighted by Gasteiger charge is 2.22. The fourth-order valence-corrected chi connectivity index (χ4v) is 8.56. The number of aromatic nitrogens is 4. The van der Waals surface area contributed by atoms with Crippen LogP contribution < -0.4 is 4.74 Å². The lowest BCUT2D eigenvalue weighted by Gasteiger charge is -2.21. The Balaban J connectivity index is 1.21. The Bertz CT molecular complexity index is 3040. The maximum Gasteiger partial charge on any atom is 0.145 e. The third kappa shape index (κ3) is 4.77. The van der Waals surface area contributed by atoms with Crippen molar-refractivity contribution in [3.05, 3.63) is 168 Å². The molecule has 0 atom stereocenters. The van der Waals surface area contributed by atoms with Crippen LogP contribution in [0.5, 0.6) is 11.5 Å². The van der Waals surface area contributed by atoms with Gasteiger partial charge in [-0.25, -0.2) is 9.97 Å². The van der Waals surface area contributed by atoms with Crippen LogP contribution in [0, 0.1) is 27.7 Å². The molecule has 254 valence electrons. The van der Waals surface area contributed by atoms with Gasteiger partial charge in [-0.05, 0) is 121 Å². The quantitative estimate of drug-likeness (QED) is 0.170. The molecule has 0 spiro atoms. The number of hydrogen-bond acceptors (Lipinski definition) is 3. The SMILES string of the molecule is Cc1cccc(C)c1-c1ccc(-c2c(C)cccc2C)c2c1c1ccc(Oc3ccc4c5ccccc5n(-c5ccccn5)c4c3)cc1c1nccn12. The molecule has 0 radical (unpaired) electrons. The van der Waals surface area contributed by atoms with Crippen molar-refractivity contribution in [2.24, 2.45) is 0 Å². The molecular formula is C48H36N4O. The lowest BCUT2D eigenvalue weighted by Crippen LogP contribution is -1.99. The summed E-state index contributed by atoms with van der Waals surface area (Å²) in [4.78, 5) is 9.68. The molecule has 53 heavy (non-hydrogen) atoms. The average Bonchev–Trinajstić information content (AvgIpc) is 3.79. The zero-order valence-electron chi connectivity index (χ0n) is 30.1. The molecule has 0 unspecified atom stereocenters. The van der Waals surface area contributed by atoms with E-state index in [0.717, 1.165) is 55.7 Å². The van der Waals surface area contributed by atoms with E-state index in [2.05, 4.69) is 152 Å². The van der Waals surface area contributed by atoms with Gasteiger partial charge in [-0.3, -0.25) is 8.97 Å². The minimum atomic E-state index is 0.751. The minimum absolute atomic E-state index is 0.751. The van der Waals surface area contributed by atoms with Crippen LogP contribution in [0.1, 0.15) is 22.3 Å². The summed E-state index contributed by atoms with van der Waals surface area (Å²) >= 11 is 0. The van der Waals surface area contributed by atoms with Gasteiger partial charge in [0.15, 0.2) is 0 Å². The van der Waals surface area contributed by atoms with E-state index in [9.17, 15) is 0 Å². The number of nitrogens with zero attached hydrogens (tertiary/aromatic N) is 4. The van der Waals surface area contributed by atoms with Crippen molar-refractivity contribution < 1.29 is 4.74 Å². The number of imidazole rings is 1. The Morgan fingerprint density at radius 2 is 1.13 bits per heavy atom. The number of rotatable bonds is 5. The molecule has 0 N–H and O–H groups in total. The first-order valence-electron chi connectivity index (χ1n) is 18.1. The monoisotopic (exact) mass is 684 g/mol. The second kappa shape index (κ2) is 11.9. The predicted molar refractivity (Wildman–Crippen MR) is 219 cm³/mol. The van der Waals surface area contributed by atoms with Crippen molar-refractivity contribution in [2.75, 3.05) is 0 Å². The van der Waals surface area contributed by atoms with Gasteiger partial charge in [-0.2, -0.15) is 0 Å². The summed E-state index contributed by atoms with van der Waals surface area (Å²) in [6, 6.07) is 45.0. The molecule has 5 nitrogen and oxygen atoms in total. The topological polar surface area (TPSA) is 44.3 Å². The molecule has 4 aromatic heterocycles. The van der Waals surface area contributed by atoms with Crippen LogP contribution in [-0.4, -0.2) is 18.9 Å². The Hall–Kier alpha value is -6.72. The Kier molecular flexibility index (Phi) is 6.99. The van der Waals surface area contributed by atoms with Gasteiger partial charge in [0.1, 0.15) is 23.0 Å². The van der Waals surface area contributed by atoms with Crippen molar-refractivity contribution in [1.82, 2.24) is 18.9 Å². The van der Waals surface area contributed by atoms with Crippen LogP contribution >= 0.6 is 0 Å². The second-order valence-corrected chi connectivity index (χ2v) is 14.1. The number of para-hydroxylation sites is 1. The van der Waals surface area contributed by atoms with E-state index in [0.29, 0.717) is 0 Å². The van der Waals surface area contributed by atoms with Gasteiger partial charge in [-0.15, -0.1) is 0 Å². The maximum absolute atomic E-state index is 6.73. The van der Waals surface area contributed by atoms with Crippen molar-refractivity contribution in [3.63, 3.8) is 0 Å². The first-order valence-corrected chi connectivity index (χ1v) is 18.1. The van der Waals surface area contributed by atoms with Crippen molar-refractivity contribution >= 4 is 49.1 Å². The maximum atomic E-state index is 6.73.